The summed E-state index contributed by atoms with van der Waals surface area (Å²) < 4.78 is 2.22. The molecular formula is C26H26N4O3S. The lowest BCUT2D eigenvalue weighted by Crippen LogP contribution is -2.42. The Morgan fingerprint density at radius 3 is 2.71 bits per heavy atom. The van der Waals surface area contributed by atoms with Crippen LogP contribution < -0.4 is 5.32 Å². The molecule has 2 aliphatic rings. The SMILES string of the molecule is CN1CCC(Cn2cc(C3=C(c4c[nH]c5sccc45)C(=O)NC3=O)c3ccccc32)CC1CO. The summed E-state index contributed by atoms with van der Waals surface area (Å²) in [6, 6.07) is 10.2. The number of imide groups is 1. The maximum Gasteiger partial charge on any atom is 0.259 e. The molecule has 7 nitrogen and oxygen atoms in total. The highest BCUT2D eigenvalue weighted by atomic mass is 32.1. The molecule has 0 radical (unpaired) electrons. The number of H-pyrrole nitrogens is 1. The van der Waals surface area contributed by atoms with Crippen LogP contribution in [0, 0.1) is 5.92 Å². The number of carbonyl (C=O) groups is 2. The number of aromatic amines is 1. The van der Waals surface area contributed by atoms with Gasteiger partial charge in [-0.25, -0.2) is 0 Å². The van der Waals surface area contributed by atoms with Crippen molar-refractivity contribution in [3.05, 3.63) is 59.2 Å². The second kappa shape index (κ2) is 8.23. The van der Waals surface area contributed by atoms with Gasteiger partial charge in [-0.1, -0.05) is 18.2 Å². The second-order valence-electron chi connectivity index (χ2n) is 9.32. The number of rotatable bonds is 5. The van der Waals surface area contributed by atoms with E-state index in [1.165, 1.54) is 0 Å². The summed E-state index contributed by atoms with van der Waals surface area (Å²) in [5.74, 6) is -0.281. The molecule has 2 atom stereocenters. The van der Waals surface area contributed by atoms with Gasteiger partial charge in [0.25, 0.3) is 11.8 Å². The average molecular weight is 475 g/mol. The molecule has 0 spiro atoms. The van der Waals surface area contributed by atoms with Gasteiger partial charge in [-0.15, -0.1) is 11.3 Å². The number of hydrogen-bond acceptors (Lipinski definition) is 5. The quantitative estimate of drug-likeness (QED) is 0.387. The standard InChI is InChI=1S/C26H26N4O3S/c1-29-8-6-15(10-16(29)14-31)12-30-13-20(17-4-2-3-5-21(17)30)23-22(24(32)28-25(23)33)19-11-27-26-18(19)7-9-34-26/h2-5,7,9,11,13,15-16,27,31H,6,8,10,12,14H2,1H3,(H,28,32,33). The fourth-order valence-electron chi connectivity index (χ4n) is 5.53. The highest BCUT2D eigenvalue weighted by Crippen LogP contribution is 2.39. The molecule has 1 fully saturated rings. The van der Waals surface area contributed by atoms with Crippen molar-refractivity contribution in [1.29, 1.82) is 0 Å². The van der Waals surface area contributed by atoms with E-state index in [1.807, 2.05) is 42.0 Å². The van der Waals surface area contributed by atoms with Crippen LogP contribution in [0.25, 0.3) is 32.3 Å². The van der Waals surface area contributed by atoms with E-state index in [2.05, 4.69) is 32.9 Å². The van der Waals surface area contributed by atoms with Crippen molar-refractivity contribution in [2.75, 3.05) is 20.2 Å². The highest BCUT2D eigenvalue weighted by Gasteiger charge is 2.35. The molecule has 1 saturated heterocycles. The van der Waals surface area contributed by atoms with Crippen LogP contribution in [0.15, 0.2) is 48.1 Å². The predicted molar refractivity (Wildman–Crippen MR) is 134 cm³/mol. The van der Waals surface area contributed by atoms with Crippen LogP contribution in [0.2, 0.25) is 0 Å². The Morgan fingerprint density at radius 1 is 1.09 bits per heavy atom. The van der Waals surface area contributed by atoms with Gasteiger partial charge in [0.1, 0.15) is 4.83 Å². The number of likely N-dealkylation sites (N-methyl/N-ethyl adjacent to an activating group) is 1. The number of aliphatic hydroxyl groups excluding tert-OH is 1. The summed E-state index contributed by atoms with van der Waals surface area (Å²) in [4.78, 5) is 32.5. The van der Waals surface area contributed by atoms with Crippen molar-refractivity contribution in [3.63, 3.8) is 0 Å². The molecule has 6 rings (SSSR count). The third-order valence-corrected chi connectivity index (χ3v) is 8.19. The fourth-order valence-corrected chi connectivity index (χ4v) is 6.30. The Kier molecular flexibility index (Phi) is 5.17. The Bertz CT molecular complexity index is 1460. The zero-order valence-electron chi connectivity index (χ0n) is 18.9. The van der Waals surface area contributed by atoms with Crippen molar-refractivity contribution < 1.29 is 14.7 Å². The van der Waals surface area contributed by atoms with E-state index in [-0.39, 0.29) is 24.5 Å². The molecule has 0 bridgehead atoms. The molecule has 3 aromatic heterocycles. The first kappa shape index (κ1) is 21.3. The Morgan fingerprint density at radius 2 is 1.88 bits per heavy atom. The summed E-state index contributed by atoms with van der Waals surface area (Å²) in [5.41, 5.74) is 3.45. The summed E-state index contributed by atoms with van der Waals surface area (Å²) >= 11 is 1.57. The first-order chi connectivity index (χ1) is 16.5. The van der Waals surface area contributed by atoms with E-state index in [9.17, 15) is 14.7 Å². The van der Waals surface area contributed by atoms with Crippen LogP contribution in [0.1, 0.15) is 24.0 Å². The molecule has 0 saturated carbocycles. The summed E-state index contributed by atoms with van der Waals surface area (Å²) in [5, 5.41) is 16.2. The van der Waals surface area contributed by atoms with Gasteiger partial charge in [0, 0.05) is 52.4 Å². The number of thiophene rings is 1. The molecule has 3 N–H and O–H groups in total. The Hall–Kier alpha value is -3.20. The smallest absolute Gasteiger partial charge is 0.259 e. The number of amides is 2. The van der Waals surface area contributed by atoms with Crippen molar-refractivity contribution in [2.45, 2.75) is 25.4 Å². The van der Waals surface area contributed by atoms with Gasteiger partial charge in [-0.3, -0.25) is 14.9 Å². The molecule has 8 heteroatoms. The average Bonchev–Trinajstić information content (AvgIpc) is 3.58. The number of nitrogens with zero attached hydrogens (tertiary/aromatic N) is 2. The van der Waals surface area contributed by atoms with Gasteiger partial charge in [-0.05, 0) is 49.9 Å². The first-order valence-electron chi connectivity index (χ1n) is 11.6. The number of para-hydroxylation sites is 1. The third-order valence-electron chi connectivity index (χ3n) is 7.35. The minimum absolute atomic E-state index is 0.164. The number of fused-ring (bicyclic) bond motifs is 2. The maximum atomic E-state index is 13.1. The number of piperidine rings is 1. The largest absolute Gasteiger partial charge is 0.395 e. The summed E-state index contributed by atoms with van der Waals surface area (Å²) in [6.07, 6.45) is 5.84. The van der Waals surface area contributed by atoms with Gasteiger partial charge in [0.05, 0.1) is 17.8 Å². The van der Waals surface area contributed by atoms with Crippen LogP contribution in [-0.2, 0) is 16.1 Å². The van der Waals surface area contributed by atoms with Crippen molar-refractivity contribution in [3.8, 4) is 0 Å². The number of aromatic nitrogens is 2. The van der Waals surface area contributed by atoms with Crippen molar-refractivity contribution >= 4 is 55.4 Å². The highest BCUT2D eigenvalue weighted by molar-refractivity contribution is 7.16. The van der Waals surface area contributed by atoms with Crippen LogP contribution in [-0.4, -0.2) is 57.6 Å². The molecule has 0 aliphatic carbocycles. The summed E-state index contributed by atoms with van der Waals surface area (Å²) in [7, 11) is 2.06. The molecule has 5 heterocycles. The molecule has 174 valence electrons. The topological polar surface area (TPSA) is 90.4 Å². The lowest BCUT2D eigenvalue weighted by molar-refractivity contribution is -0.122. The van der Waals surface area contributed by atoms with Gasteiger partial charge in [0.15, 0.2) is 0 Å². The van der Waals surface area contributed by atoms with Gasteiger partial charge in [0.2, 0.25) is 0 Å². The molecular weight excluding hydrogens is 448 g/mol. The van der Waals surface area contributed by atoms with Crippen LogP contribution in [0.5, 0.6) is 0 Å². The molecule has 2 amide bonds. The van der Waals surface area contributed by atoms with Crippen molar-refractivity contribution in [2.24, 2.45) is 5.92 Å². The first-order valence-corrected chi connectivity index (χ1v) is 12.5. The van der Waals surface area contributed by atoms with Gasteiger partial charge < -0.3 is 19.6 Å². The van der Waals surface area contributed by atoms with E-state index >= 15 is 0 Å². The van der Waals surface area contributed by atoms with Gasteiger partial charge >= 0.3 is 0 Å². The van der Waals surface area contributed by atoms with Crippen LogP contribution in [0.3, 0.4) is 0 Å². The third kappa shape index (κ3) is 3.33. The minimum Gasteiger partial charge on any atom is -0.395 e. The van der Waals surface area contributed by atoms with Crippen LogP contribution in [0.4, 0.5) is 0 Å². The fraction of sp³-hybridized carbons (Fsp3) is 0.308. The van der Waals surface area contributed by atoms with E-state index in [4.69, 9.17) is 0 Å². The van der Waals surface area contributed by atoms with Crippen LogP contribution >= 0.6 is 11.3 Å². The molecule has 1 aromatic carbocycles. The van der Waals surface area contributed by atoms with Crippen molar-refractivity contribution in [1.82, 2.24) is 19.8 Å². The number of carbonyl (C=O) groups excluding carboxylic acids is 2. The molecule has 2 aliphatic heterocycles. The zero-order chi connectivity index (χ0) is 23.4. The minimum atomic E-state index is -0.356. The number of benzene rings is 1. The zero-order valence-corrected chi connectivity index (χ0v) is 19.7. The Balaban J connectivity index is 1.47. The predicted octanol–water partition coefficient (Wildman–Crippen LogP) is 3.45. The van der Waals surface area contributed by atoms with E-state index < -0.39 is 0 Å². The molecule has 34 heavy (non-hydrogen) atoms. The van der Waals surface area contributed by atoms with E-state index in [1.54, 1.807) is 11.3 Å². The van der Waals surface area contributed by atoms with E-state index in [0.29, 0.717) is 17.1 Å². The number of nitrogens with one attached hydrogen (secondary N) is 2. The lowest BCUT2D eigenvalue weighted by Gasteiger charge is -2.36. The number of aliphatic hydroxyl groups is 1. The molecule has 4 aromatic rings. The second-order valence-corrected chi connectivity index (χ2v) is 10.2. The lowest BCUT2D eigenvalue weighted by atomic mass is 9.91. The van der Waals surface area contributed by atoms with Gasteiger partial charge in [-0.2, -0.15) is 0 Å². The van der Waals surface area contributed by atoms with E-state index in [0.717, 1.165) is 58.2 Å². The number of hydrogen-bond donors (Lipinski definition) is 3. The Labute approximate surface area is 200 Å². The number of likely N-dealkylation sites (tertiary alicyclic amines) is 1. The summed E-state index contributed by atoms with van der Waals surface area (Å²) in [6.45, 7) is 1.93. The normalized spacial score (nSPS) is 21.8. The monoisotopic (exact) mass is 474 g/mol. The molecule has 2 unspecified atom stereocenters. The maximum absolute atomic E-state index is 13.1.